The first-order chi connectivity index (χ1) is 7.41. The monoisotopic (exact) mass is 225 g/mol. The van der Waals surface area contributed by atoms with Crippen LogP contribution in [0.5, 0.6) is 5.75 Å². The summed E-state index contributed by atoms with van der Waals surface area (Å²) in [5, 5.41) is 35.7. The maximum absolute atomic E-state index is 10.5. The van der Waals surface area contributed by atoms with Gasteiger partial charge in [0, 0.05) is 5.46 Å². The molecule has 0 aliphatic carbocycles. The van der Waals surface area contributed by atoms with Gasteiger partial charge in [0.05, 0.1) is 0 Å². The molecule has 16 heavy (non-hydrogen) atoms. The van der Waals surface area contributed by atoms with Crippen molar-refractivity contribution in [3.8, 4) is 5.75 Å². The van der Waals surface area contributed by atoms with Crippen LogP contribution in [0.4, 0.5) is 0 Å². The van der Waals surface area contributed by atoms with Gasteiger partial charge >= 0.3 is 13.1 Å². The summed E-state index contributed by atoms with van der Waals surface area (Å²) in [5.41, 5.74) is 5.76. The molecule has 0 bridgehead atoms. The van der Waals surface area contributed by atoms with Crippen molar-refractivity contribution in [2.24, 2.45) is 5.73 Å². The summed E-state index contributed by atoms with van der Waals surface area (Å²) in [6, 6.07) is 2.99. The quantitative estimate of drug-likeness (QED) is 0.378. The van der Waals surface area contributed by atoms with E-state index in [9.17, 15) is 9.90 Å². The highest BCUT2D eigenvalue weighted by atomic mass is 16.4. The fourth-order valence-corrected chi connectivity index (χ4v) is 1.28. The molecule has 1 rings (SSSR count). The third kappa shape index (κ3) is 2.96. The van der Waals surface area contributed by atoms with E-state index < -0.39 is 19.1 Å². The summed E-state index contributed by atoms with van der Waals surface area (Å²) in [6.07, 6.45) is 0.0509. The Labute approximate surface area is 92.1 Å². The molecule has 0 saturated carbocycles. The van der Waals surface area contributed by atoms with Crippen molar-refractivity contribution in [2.75, 3.05) is 0 Å². The maximum atomic E-state index is 10.5. The number of hydrogen-bond donors (Lipinski definition) is 5. The number of aliphatic carboxylic acids is 1. The largest absolute Gasteiger partial charge is 0.508 e. The molecule has 1 atom stereocenters. The van der Waals surface area contributed by atoms with Crippen molar-refractivity contribution in [3.05, 3.63) is 23.8 Å². The van der Waals surface area contributed by atoms with E-state index in [2.05, 4.69) is 0 Å². The number of hydrogen-bond acceptors (Lipinski definition) is 5. The van der Waals surface area contributed by atoms with E-state index in [0.717, 1.165) is 0 Å². The molecule has 0 aromatic heterocycles. The van der Waals surface area contributed by atoms with Crippen molar-refractivity contribution >= 4 is 18.6 Å². The van der Waals surface area contributed by atoms with Crippen LogP contribution >= 0.6 is 0 Å². The molecule has 1 aromatic carbocycles. The van der Waals surface area contributed by atoms with Crippen LogP contribution in [0.3, 0.4) is 0 Å². The molecule has 7 heteroatoms. The lowest BCUT2D eigenvalue weighted by molar-refractivity contribution is -0.138. The molecule has 0 saturated heterocycles. The Bertz CT molecular complexity index is 395. The van der Waals surface area contributed by atoms with Gasteiger partial charge in [-0.1, -0.05) is 12.1 Å². The number of phenols is 1. The highest BCUT2D eigenvalue weighted by Gasteiger charge is 2.18. The van der Waals surface area contributed by atoms with Crippen LogP contribution < -0.4 is 11.2 Å². The summed E-state index contributed by atoms with van der Waals surface area (Å²) < 4.78 is 0. The Hall–Kier alpha value is -1.57. The molecule has 6 N–H and O–H groups in total. The maximum Gasteiger partial charge on any atom is 0.492 e. The summed E-state index contributed by atoms with van der Waals surface area (Å²) in [4.78, 5) is 10.5. The molecule has 0 radical (unpaired) electrons. The Balaban J connectivity index is 2.91. The van der Waals surface area contributed by atoms with Gasteiger partial charge in [0.15, 0.2) is 0 Å². The van der Waals surface area contributed by atoms with Crippen molar-refractivity contribution in [2.45, 2.75) is 12.5 Å². The molecule has 0 spiro atoms. The zero-order chi connectivity index (χ0) is 12.3. The molecule has 0 unspecified atom stereocenters. The first kappa shape index (κ1) is 12.5. The smallest absolute Gasteiger partial charge is 0.492 e. The summed E-state index contributed by atoms with van der Waals surface area (Å²) in [7, 11) is -1.80. The number of benzene rings is 1. The van der Waals surface area contributed by atoms with Crippen LogP contribution in [-0.4, -0.2) is 39.4 Å². The summed E-state index contributed by atoms with van der Waals surface area (Å²) in [5.74, 6) is -1.40. The molecule has 0 aliphatic heterocycles. The number of carboxylic acids is 1. The molecule has 0 fully saturated rings. The van der Waals surface area contributed by atoms with Gasteiger partial charge in [-0.25, -0.2) is 0 Å². The van der Waals surface area contributed by atoms with Gasteiger partial charge in [-0.3, -0.25) is 4.79 Å². The second-order valence-electron chi connectivity index (χ2n) is 3.42. The lowest BCUT2D eigenvalue weighted by Crippen LogP contribution is -2.34. The second kappa shape index (κ2) is 4.97. The van der Waals surface area contributed by atoms with Gasteiger partial charge in [0.25, 0.3) is 0 Å². The van der Waals surface area contributed by atoms with Crippen molar-refractivity contribution in [1.82, 2.24) is 0 Å². The Morgan fingerprint density at radius 3 is 2.56 bits per heavy atom. The van der Waals surface area contributed by atoms with Gasteiger partial charge in [0.1, 0.15) is 11.8 Å². The van der Waals surface area contributed by atoms with Crippen molar-refractivity contribution in [3.63, 3.8) is 0 Å². The normalized spacial score (nSPS) is 12.2. The average molecular weight is 225 g/mol. The lowest BCUT2D eigenvalue weighted by atomic mass is 9.78. The minimum Gasteiger partial charge on any atom is -0.508 e. The summed E-state index contributed by atoms with van der Waals surface area (Å²) in [6.45, 7) is 0. The van der Waals surface area contributed by atoms with E-state index in [1.807, 2.05) is 0 Å². The van der Waals surface area contributed by atoms with Gasteiger partial charge in [-0.2, -0.15) is 0 Å². The van der Waals surface area contributed by atoms with Gasteiger partial charge in [-0.05, 0) is 18.1 Å². The number of rotatable bonds is 4. The minimum absolute atomic E-state index is 0.0509. The summed E-state index contributed by atoms with van der Waals surface area (Å²) >= 11 is 0. The Morgan fingerprint density at radius 2 is 2.06 bits per heavy atom. The SMILES string of the molecule is N[C@@H](Cc1ccc(O)c(B(O)O)c1)C(=O)O. The topological polar surface area (TPSA) is 124 Å². The average Bonchev–Trinajstić information content (AvgIpc) is 2.20. The van der Waals surface area contributed by atoms with E-state index in [-0.39, 0.29) is 17.6 Å². The molecule has 1 aromatic rings. The Kier molecular flexibility index (Phi) is 3.89. The fourth-order valence-electron chi connectivity index (χ4n) is 1.28. The number of carboxylic acid groups (broad SMARTS) is 1. The van der Waals surface area contributed by atoms with E-state index in [1.54, 1.807) is 0 Å². The van der Waals surface area contributed by atoms with Crippen molar-refractivity contribution in [1.29, 1.82) is 0 Å². The standard InChI is InChI=1S/C9H12BNO5/c11-7(9(13)14)4-5-1-2-8(12)6(3-5)10(15)16/h1-3,7,12,15-16H,4,11H2,(H,13,14)/t7-/m0/s1. The lowest BCUT2D eigenvalue weighted by Gasteiger charge is -2.09. The van der Waals surface area contributed by atoms with E-state index in [0.29, 0.717) is 5.56 Å². The van der Waals surface area contributed by atoms with Crippen LogP contribution in [0.25, 0.3) is 0 Å². The Morgan fingerprint density at radius 1 is 1.44 bits per heavy atom. The van der Waals surface area contributed by atoms with Gasteiger partial charge < -0.3 is 26.0 Å². The zero-order valence-electron chi connectivity index (χ0n) is 8.37. The van der Waals surface area contributed by atoms with Crippen LogP contribution in [0.2, 0.25) is 0 Å². The van der Waals surface area contributed by atoms with Crippen LogP contribution in [0.15, 0.2) is 18.2 Å². The number of nitrogens with two attached hydrogens (primary N) is 1. The molecular formula is C9H12BNO5. The minimum atomic E-state index is -1.80. The van der Waals surface area contributed by atoms with E-state index in [1.165, 1.54) is 18.2 Å². The highest BCUT2D eigenvalue weighted by molar-refractivity contribution is 6.59. The van der Waals surface area contributed by atoms with E-state index in [4.69, 9.17) is 20.9 Å². The first-order valence-electron chi connectivity index (χ1n) is 4.58. The second-order valence-corrected chi connectivity index (χ2v) is 3.42. The molecule has 0 aliphatic rings. The first-order valence-corrected chi connectivity index (χ1v) is 4.58. The van der Waals surface area contributed by atoms with Crippen LogP contribution in [0, 0.1) is 0 Å². The third-order valence-electron chi connectivity index (χ3n) is 2.14. The van der Waals surface area contributed by atoms with Gasteiger partial charge in [0.2, 0.25) is 0 Å². The number of aromatic hydroxyl groups is 1. The van der Waals surface area contributed by atoms with Crippen molar-refractivity contribution < 1.29 is 25.1 Å². The molecular weight excluding hydrogens is 213 g/mol. The number of phenolic OH excluding ortho intramolecular Hbond substituents is 1. The van der Waals surface area contributed by atoms with E-state index >= 15 is 0 Å². The predicted octanol–water partition coefficient (Wildman–Crippen LogP) is -1.97. The zero-order valence-corrected chi connectivity index (χ0v) is 8.37. The van der Waals surface area contributed by atoms with Crippen LogP contribution in [0.1, 0.15) is 5.56 Å². The molecule has 0 amide bonds. The molecule has 6 nitrogen and oxygen atoms in total. The molecule has 86 valence electrons. The fraction of sp³-hybridized carbons (Fsp3) is 0.222. The third-order valence-corrected chi connectivity index (χ3v) is 2.14. The van der Waals surface area contributed by atoms with Crippen LogP contribution in [-0.2, 0) is 11.2 Å². The van der Waals surface area contributed by atoms with Gasteiger partial charge in [-0.15, -0.1) is 0 Å². The molecule has 0 heterocycles. The number of carbonyl (C=O) groups is 1. The highest BCUT2D eigenvalue weighted by Crippen LogP contribution is 2.09. The predicted molar refractivity (Wildman–Crippen MR) is 57.2 cm³/mol.